The third-order valence-electron chi connectivity index (χ3n) is 5.77. The van der Waals surface area contributed by atoms with E-state index in [0.29, 0.717) is 11.3 Å². The summed E-state index contributed by atoms with van der Waals surface area (Å²) >= 11 is 6.31. The van der Waals surface area contributed by atoms with Gasteiger partial charge in [0.1, 0.15) is 0 Å². The van der Waals surface area contributed by atoms with Gasteiger partial charge < -0.3 is 9.80 Å². The Kier molecular flexibility index (Phi) is 5.39. The lowest BCUT2D eigenvalue weighted by molar-refractivity contribution is -0.915. The zero-order chi connectivity index (χ0) is 20.5. The molecule has 2 saturated heterocycles. The molecule has 2 heterocycles. The predicted octanol–water partition coefficient (Wildman–Crippen LogP) is 1.58. The second-order valence-corrected chi connectivity index (χ2v) is 7.93. The Balaban J connectivity index is 1.44. The van der Waals surface area contributed by atoms with Gasteiger partial charge in [-0.3, -0.25) is 14.4 Å². The third-order valence-corrected chi connectivity index (χ3v) is 6.09. The van der Waals surface area contributed by atoms with E-state index in [-0.39, 0.29) is 30.1 Å². The largest absolute Gasteiger partial charge is 0.359 e. The van der Waals surface area contributed by atoms with Crippen LogP contribution >= 0.6 is 11.6 Å². The number of nitrogens with one attached hydrogen (secondary N) is 1. The standard InChI is InChI=1S/C22H22ClN3O3/c1-15(27)16-6-8-17(9-7-16)26-21(28)14-20(22(26)29)25-12-10-24(11-13-25)19-5-3-2-4-18(19)23/h2-9,20H,10-14H2,1H3/p+1. The van der Waals surface area contributed by atoms with Crippen molar-refractivity contribution in [2.24, 2.45) is 0 Å². The van der Waals surface area contributed by atoms with Crippen molar-refractivity contribution in [1.82, 2.24) is 0 Å². The summed E-state index contributed by atoms with van der Waals surface area (Å²) in [4.78, 5) is 41.7. The number of piperazine rings is 1. The Bertz CT molecular complexity index is 952. The molecule has 1 N–H and O–H groups in total. The number of amides is 2. The number of rotatable bonds is 4. The van der Waals surface area contributed by atoms with Gasteiger partial charge >= 0.3 is 0 Å². The highest BCUT2D eigenvalue weighted by Crippen LogP contribution is 2.26. The van der Waals surface area contributed by atoms with Gasteiger partial charge in [0, 0.05) is 5.56 Å². The van der Waals surface area contributed by atoms with Crippen molar-refractivity contribution in [1.29, 1.82) is 0 Å². The van der Waals surface area contributed by atoms with Crippen LogP contribution < -0.4 is 14.7 Å². The van der Waals surface area contributed by atoms with Crippen molar-refractivity contribution in [3.05, 3.63) is 59.1 Å². The molecule has 7 heteroatoms. The molecule has 1 atom stereocenters. The smallest absolute Gasteiger partial charge is 0.292 e. The molecule has 2 aliphatic rings. The SMILES string of the molecule is CC(=O)c1ccc(N2C(=O)CC([NH+]3CCN(c4ccccc4Cl)CC3)C2=O)cc1. The maximum Gasteiger partial charge on any atom is 0.292 e. The van der Waals surface area contributed by atoms with E-state index in [0.717, 1.165) is 41.8 Å². The lowest BCUT2D eigenvalue weighted by Crippen LogP contribution is -3.19. The number of hydrogen-bond donors (Lipinski definition) is 1. The number of carbonyl (C=O) groups is 3. The minimum Gasteiger partial charge on any atom is -0.359 e. The van der Waals surface area contributed by atoms with Crippen LogP contribution in [-0.4, -0.2) is 49.8 Å². The van der Waals surface area contributed by atoms with Crippen LogP contribution in [0.2, 0.25) is 5.02 Å². The van der Waals surface area contributed by atoms with E-state index >= 15 is 0 Å². The number of anilines is 2. The first-order valence-corrected chi connectivity index (χ1v) is 10.2. The summed E-state index contributed by atoms with van der Waals surface area (Å²) < 4.78 is 0. The van der Waals surface area contributed by atoms with Crippen LogP contribution in [0.5, 0.6) is 0 Å². The number of quaternary nitrogens is 1. The first-order valence-electron chi connectivity index (χ1n) is 9.77. The van der Waals surface area contributed by atoms with E-state index in [2.05, 4.69) is 4.90 Å². The van der Waals surface area contributed by atoms with Crippen molar-refractivity contribution in [2.75, 3.05) is 36.0 Å². The maximum atomic E-state index is 13.0. The van der Waals surface area contributed by atoms with E-state index in [4.69, 9.17) is 11.6 Å². The third kappa shape index (κ3) is 3.78. The summed E-state index contributed by atoms with van der Waals surface area (Å²) in [5.74, 6) is -0.391. The number of Topliss-reactive ketones (excluding diaryl/α,β-unsaturated/α-hetero) is 1. The molecule has 1 unspecified atom stereocenters. The number of nitrogens with zero attached hydrogens (tertiary/aromatic N) is 2. The fourth-order valence-corrected chi connectivity index (χ4v) is 4.41. The summed E-state index contributed by atoms with van der Waals surface area (Å²) in [5.41, 5.74) is 2.10. The lowest BCUT2D eigenvalue weighted by atomic mass is 10.1. The van der Waals surface area contributed by atoms with Crippen LogP contribution in [0.15, 0.2) is 48.5 Å². The molecule has 2 amide bonds. The van der Waals surface area contributed by atoms with Gasteiger partial charge in [-0.2, -0.15) is 0 Å². The topological polar surface area (TPSA) is 62.1 Å². The molecule has 0 aromatic heterocycles. The average Bonchev–Trinajstić information content (AvgIpc) is 3.02. The molecule has 0 aliphatic carbocycles. The normalized spacial score (nSPS) is 20.4. The van der Waals surface area contributed by atoms with Gasteiger partial charge in [-0.25, -0.2) is 4.90 Å². The minimum atomic E-state index is -0.358. The molecule has 0 bridgehead atoms. The van der Waals surface area contributed by atoms with Gasteiger partial charge in [-0.05, 0) is 43.3 Å². The number of halogens is 1. The second kappa shape index (κ2) is 7.97. The number of benzene rings is 2. The molecule has 29 heavy (non-hydrogen) atoms. The lowest BCUT2D eigenvalue weighted by Gasteiger charge is -2.36. The Hall–Kier alpha value is -2.70. The molecule has 0 saturated carbocycles. The monoisotopic (exact) mass is 412 g/mol. The number of carbonyl (C=O) groups excluding carboxylic acids is 3. The summed E-state index contributed by atoms with van der Waals surface area (Å²) in [5, 5.41) is 0.725. The fraction of sp³-hybridized carbons (Fsp3) is 0.318. The molecule has 0 radical (unpaired) electrons. The molecule has 2 aliphatic heterocycles. The van der Waals surface area contributed by atoms with Crippen LogP contribution in [0.3, 0.4) is 0 Å². The first-order chi connectivity index (χ1) is 14.0. The van der Waals surface area contributed by atoms with Gasteiger partial charge in [0.2, 0.25) is 5.91 Å². The summed E-state index contributed by atoms with van der Waals surface area (Å²) in [6.45, 7) is 4.59. The predicted molar refractivity (Wildman–Crippen MR) is 112 cm³/mol. The van der Waals surface area contributed by atoms with Gasteiger partial charge in [-0.15, -0.1) is 0 Å². The Morgan fingerprint density at radius 3 is 2.31 bits per heavy atom. The van der Waals surface area contributed by atoms with Gasteiger partial charge in [0.25, 0.3) is 5.91 Å². The van der Waals surface area contributed by atoms with Crippen molar-refractivity contribution in [2.45, 2.75) is 19.4 Å². The number of imide groups is 1. The molecule has 2 aromatic rings. The molecule has 0 spiro atoms. The summed E-state index contributed by atoms with van der Waals surface area (Å²) in [6.07, 6.45) is 0.217. The molecule has 2 aromatic carbocycles. The quantitative estimate of drug-likeness (QED) is 0.612. The van der Waals surface area contributed by atoms with Crippen molar-refractivity contribution in [3.8, 4) is 0 Å². The highest BCUT2D eigenvalue weighted by Gasteiger charge is 2.46. The van der Waals surface area contributed by atoms with Crippen LogP contribution in [0.4, 0.5) is 11.4 Å². The van der Waals surface area contributed by atoms with Crippen LogP contribution in [0.25, 0.3) is 0 Å². The van der Waals surface area contributed by atoms with Gasteiger partial charge in [-0.1, -0.05) is 23.7 Å². The van der Waals surface area contributed by atoms with E-state index in [1.165, 1.54) is 11.8 Å². The Morgan fingerprint density at radius 2 is 1.69 bits per heavy atom. The number of hydrogen-bond acceptors (Lipinski definition) is 4. The van der Waals surface area contributed by atoms with E-state index in [9.17, 15) is 14.4 Å². The van der Waals surface area contributed by atoms with Crippen LogP contribution in [-0.2, 0) is 9.59 Å². The van der Waals surface area contributed by atoms with Crippen molar-refractivity contribution >= 4 is 40.6 Å². The first kappa shape index (κ1) is 19.6. The second-order valence-electron chi connectivity index (χ2n) is 7.52. The Morgan fingerprint density at radius 1 is 1.03 bits per heavy atom. The van der Waals surface area contributed by atoms with Gasteiger partial charge in [0.15, 0.2) is 11.8 Å². The number of para-hydroxylation sites is 1. The van der Waals surface area contributed by atoms with E-state index in [1.54, 1.807) is 24.3 Å². The van der Waals surface area contributed by atoms with Crippen molar-refractivity contribution < 1.29 is 19.3 Å². The zero-order valence-electron chi connectivity index (χ0n) is 16.2. The molecule has 2 fully saturated rings. The van der Waals surface area contributed by atoms with E-state index in [1.807, 2.05) is 24.3 Å². The molecular formula is C22H23ClN3O3+. The maximum absolute atomic E-state index is 13.0. The molecule has 4 rings (SSSR count). The average molecular weight is 413 g/mol. The Labute approximate surface area is 174 Å². The highest BCUT2D eigenvalue weighted by atomic mass is 35.5. The molecule has 150 valence electrons. The zero-order valence-corrected chi connectivity index (χ0v) is 17.0. The molecular weight excluding hydrogens is 390 g/mol. The van der Waals surface area contributed by atoms with Crippen LogP contribution in [0, 0.1) is 0 Å². The fourth-order valence-electron chi connectivity index (χ4n) is 4.16. The summed E-state index contributed by atoms with van der Waals surface area (Å²) in [6, 6.07) is 14.0. The highest BCUT2D eigenvalue weighted by molar-refractivity contribution is 6.33. The minimum absolute atomic E-state index is 0.0469. The van der Waals surface area contributed by atoms with Crippen LogP contribution in [0.1, 0.15) is 23.7 Å². The van der Waals surface area contributed by atoms with E-state index < -0.39 is 0 Å². The summed E-state index contributed by atoms with van der Waals surface area (Å²) in [7, 11) is 0. The van der Waals surface area contributed by atoms with Crippen molar-refractivity contribution in [3.63, 3.8) is 0 Å². The van der Waals surface area contributed by atoms with Gasteiger partial charge in [0.05, 0.1) is 49.0 Å². The molecule has 6 nitrogen and oxygen atoms in total. The number of ketones is 1.